The van der Waals surface area contributed by atoms with Gasteiger partial charge in [0, 0.05) is 30.2 Å². The van der Waals surface area contributed by atoms with Crippen LogP contribution >= 0.6 is 0 Å². The Hall–Kier alpha value is -3.10. The average molecular weight is 353 g/mol. The summed E-state index contributed by atoms with van der Waals surface area (Å²) in [6, 6.07) is 5.43. The highest BCUT2D eigenvalue weighted by atomic mass is 16.5. The lowest BCUT2D eigenvalue weighted by Crippen LogP contribution is -2.44. The number of aromatic nitrogens is 6. The first kappa shape index (κ1) is 16.4. The molecular formula is C17H19N7O2. The van der Waals surface area contributed by atoms with Gasteiger partial charge in [0.05, 0.1) is 6.54 Å². The van der Waals surface area contributed by atoms with Crippen LogP contribution in [0.15, 0.2) is 24.4 Å². The smallest absolute Gasteiger partial charge is 0.293 e. The van der Waals surface area contributed by atoms with E-state index in [0.717, 1.165) is 24.2 Å². The summed E-state index contributed by atoms with van der Waals surface area (Å²) in [6.45, 7) is 4.93. The maximum atomic E-state index is 12.8. The monoisotopic (exact) mass is 353 g/mol. The summed E-state index contributed by atoms with van der Waals surface area (Å²) < 4.78 is 7.43. The number of hydrogen-bond donors (Lipinski definition) is 0. The molecule has 4 heterocycles. The highest BCUT2D eigenvalue weighted by Gasteiger charge is 2.28. The molecule has 1 saturated heterocycles. The molecule has 26 heavy (non-hydrogen) atoms. The van der Waals surface area contributed by atoms with Crippen molar-refractivity contribution in [2.75, 3.05) is 13.1 Å². The number of fused-ring (bicyclic) bond motifs is 1. The summed E-state index contributed by atoms with van der Waals surface area (Å²) in [7, 11) is 0. The molecule has 0 spiro atoms. The summed E-state index contributed by atoms with van der Waals surface area (Å²) in [6.07, 6.45) is 3.18. The van der Waals surface area contributed by atoms with E-state index in [9.17, 15) is 4.79 Å². The van der Waals surface area contributed by atoms with E-state index < -0.39 is 0 Å². The van der Waals surface area contributed by atoms with Crippen molar-refractivity contribution in [3.8, 4) is 5.88 Å². The number of carbonyl (C=O) groups is 1. The van der Waals surface area contributed by atoms with E-state index in [-0.39, 0.29) is 17.8 Å². The number of amides is 1. The van der Waals surface area contributed by atoms with Crippen LogP contribution in [0.3, 0.4) is 0 Å². The minimum absolute atomic E-state index is 0.122. The molecule has 0 N–H and O–H groups in total. The van der Waals surface area contributed by atoms with Crippen LogP contribution in [0.4, 0.5) is 0 Å². The molecule has 1 fully saturated rings. The number of likely N-dealkylation sites (tertiary alicyclic amines) is 1. The minimum atomic E-state index is -0.208. The Morgan fingerprint density at radius 1 is 1.31 bits per heavy atom. The van der Waals surface area contributed by atoms with Crippen molar-refractivity contribution < 1.29 is 9.53 Å². The van der Waals surface area contributed by atoms with E-state index in [4.69, 9.17) is 4.74 Å². The Morgan fingerprint density at radius 2 is 2.19 bits per heavy atom. The second-order valence-electron chi connectivity index (χ2n) is 6.38. The van der Waals surface area contributed by atoms with Crippen LogP contribution in [0.5, 0.6) is 5.88 Å². The standard InChI is InChI=1S/C17H19N7O2/c1-11-9-12(2)24-17(19-11)20-15(22-24)16(25)23-8-4-5-13(10-23)26-14-6-3-7-18-21-14/h3,6-7,9,13H,4-5,8,10H2,1-2H3/t13-/m1/s1. The zero-order chi connectivity index (χ0) is 18.1. The molecule has 134 valence electrons. The quantitative estimate of drug-likeness (QED) is 0.698. The zero-order valence-corrected chi connectivity index (χ0v) is 14.7. The molecule has 9 nitrogen and oxygen atoms in total. The van der Waals surface area contributed by atoms with E-state index in [2.05, 4.69) is 25.3 Å². The van der Waals surface area contributed by atoms with Crippen LogP contribution < -0.4 is 4.74 Å². The van der Waals surface area contributed by atoms with Gasteiger partial charge in [0.15, 0.2) is 0 Å². The molecule has 1 amide bonds. The first-order valence-corrected chi connectivity index (χ1v) is 8.55. The van der Waals surface area contributed by atoms with Crippen molar-refractivity contribution in [1.29, 1.82) is 0 Å². The van der Waals surface area contributed by atoms with Crippen molar-refractivity contribution in [2.45, 2.75) is 32.8 Å². The van der Waals surface area contributed by atoms with Crippen LogP contribution in [-0.4, -0.2) is 59.8 Å². The van der Waals surface area contributed by atoms with Gasteiger partial charge < -0.3 is 9.64 Å². The van der Waals surface area contributed by atoms with Gasteiger partial charge in [-0.25, -0.2) is 9.50 Å². The van der Waals surface area contributed by atoms with Gasteiger partial charge in [0.2, 0.25) is 11.7 Å². The molecule has 0 unspecified atom stereocenters. The lowest BCUT2D eigenvalue weighted by atomic mass is 10.1. The molecule has 1 atom stereocenters. The number of ether oxygens (including phenoxy) is 1. The Morgan fingerprint density at radius 3 is 3.00 bits per heavy atom. The van der Waals surface area contributed by atoms with Gasteiger partial charge >= 0.3 is 0 Å². The average Bonchev–Trinajstić information content (AvgIpc) is 3.06. The second kappa shape index (κ2) is 6.66. The Kier molecular flexibility index (Phi) is 4.19. The molecule has 0 aromatic carbocycles. The summed E-state index contributed by atoms with van der Waals surface area (Å²) in [5.41, 5.74) is 1.73. The van der Waals surface area contributed by atoms with Crippen molar-refractivity contribution in [3.05, 3.63) is 41.6 Å². The predicted molar refractivity (Wildman–Crippen MR) is 91.8 cm³/mol. The number of carbonyl (C=O) groups excluding carboxylic acids is 1. The SMILES string of the molecule is Cc1cc(C)n2nc(C(=O)N3CCC[C@@H](Oc4cccnn4)C3)nc2n1. The number of aryl methyl sites for hydroxylation is 2. The van der Waals surface area contributed by atoms with Crippen molar-refractivity contribution in [3.63, 3.8) is 0 Å². The van der Waals surface area contributed by atoms with Crippen LogP contribution in [0, 0.1) is 13.8 Å². The third-order valence-electron chi connectivity index (χ3n) is 4.31. The largest absolute Gasteiger partial charge is 0.471 e. The normalized spacial score (nSPS) is 17.5. The minimum Gasteiger partial charge on any atom is -0.471 e. The molecule has 4 rings (SSSR count). The predicted octanol–water partition coefficient (Wildman–Crippen LogP) is 1.21. The topological polar surface area (TPSA) is 98.4 Å². The van der Waals surface area contributed by atoms with Crippen molar-refractivity contribution >= 4 is 11.7 Å². The first-order chi connectivity index (χ1) is 12.6. The number of hydrogen-bond acceptors (Lipinski definition) is 7. The molecule has 0 saturated carbocycles. The van der Waals surface area contributed by atoms with Gasteiger partial charge in [0.25, 0.3) is 11.7 Å². The number of piperidine rings is 1. The molecule has 0 bridgehead atoms. The van der Waals surface area contributed by atoms with Crippen LogP contribution in [-0.2, 0) is 0 Å². The van der Waals surface area contributed by atoms with Crippen molar-refractivity contribution in [1.82, 2.24) is 34.7 Å². The van der Waals surface area contributed by atoms with Gasteiger partial charge in [0.1, 0.15) is 6.10 Å². The summed E-state index contributed by atoms with van der Waals surface area (Å²) >= 11 is 0. The number of nitrogens with zero attached hydrogens (tertiary/aromatic N) is 7. The van der Waals surface area contributed by atoms with E-state index in [1.807, 2.05) is 19.9 Å². The third-order valence-corrected chi connectivity index (χ3v) is 4.31. The highest BCUT2D eigenvalue weighted by molar-refractivity contribution is 5.91. The van der Waals surface area contributed by atoms with Crippen molar-refractivity contribution in [2.24, 2.45) is 0 Å². The maximum absolute atomic E-state index is 12.8. The lowest BCUT2D eigenvalue weighted by Gasteiger charge is -2.31. The fraction of sp³-hybridized carbons (Fsp3) is 0.412. The van der Waals surface area contributed by atoms with E-state index >= 15 is 0 Å². The van der Waals surface area contributed by atoms with Gasteiger partial charge in [-0.1, -0.05) is 0 Å². The van der Waals surface area contributed by atoms with Crippen LogP contribution in [0.25, 0.3) is 5.78 Å². The zero-order valence-electron chi connectivity index (χ0n) is 14.7. The molecule has 1 aliphatic heterocycles. The van der Waals surface area contributed by atoms with E-state index in [1.54, 1.807) is 27.7 Å². The Labute approximate surface area is 150 Å². The van der Waals surface area contributed by atoms with E-state index in [1.165, 1.54) is 0 Å². The molecule has 0 aliphatic carbocycles. The highest BCUT2D eigenvalue weighted by Crippen LogP contribution is 2.17. The molecule has 1 aliphatic rings. The summed E-state index contributed by atoms with van der Waals surface area (Å²) in [4.78, 5) is 23.2. The van der Waals surface area contributed by atoms with Gasteiger partial charge in [-0.15, -0.1) is 10.2 Å². The van der Waals surface area contributed by atoms with Gasteiger partial charge in [-0.05, 0) is 38.8 Å². The molecule has 0 radical (unpaired) electrons. The van der Waals surface area contributed by atoms with Gasteiger partial charge in [-0.3, -0.25) is 4.79 Å². The van der Waals surface area contributed by atoms with Crippen LogP contribution in [0.1, 0.15) is 34.8 Å². The second-order valence-corrected chi connectivity index (χ2v) is 6.38. The number of rotatable bonds is 3. The lowest BCUT2D eigenvalue weighted by molar-refractivity contribution is 0.0515. The molecule has 3 aromatic heterocycles. The van der Waals surface area contributed by atoms with Gasteiger partial charge in [-0.2, -0.15) is 10.1 Å². The van der Waals surface area contributed by atoms with Crippen LogP contribution in [0.2, 0.25) is 0 Å². The summed E-state index contributed by atoms with van der Waals surface area (Å²) in [5, 5.41) is 12.1. The fourth-order valence-electron chi connectivity index (χ4n) is 3.14. The fourth-order valence-corrected chi connectivity index (χ4v) is 3.14. The first-order valence-electron chi connectivity index (χ1n) is 8.55. The van der Waals surface area contributed by atoms with E-state index in [0.29, 0.717) is 24.7 Å². The molecule has 9 heteroatoms. The maximum Gasteiger partial charge on any atom is 0.293 e. The third kappa shape index (κ3) is 3.19. The summed E-state index contributed by atoms with van der Waals surface area (Å²) in [5.74, 6) is 0.856. The Bertz CT molecular complexity index is 941. The molecule has 3 aromatic rings. The molecular weight excluding hydrogens is 334 g/mol. The Balaban J connectivity index is 1.51.